The van der Waals surface area contributed by atoms with Crippen LogP contribution in [0.15, 0.2) is 24.3 Å². The highest BCUT2D eigenvalue weighted by atomic mass is 19.2. The molecular weight excluding hydrogens is 413 g/mol. The minimum Gasteiger partial charge on any atom is -0.496 e. The molecule has 0 aliphatic carbocycles. The Hall–Kier alpha value is -2.72. The van der Waals surface area contributed by atoms with Gasteiger partial charge in [0.2, 0.25) is 5.82 Å². The van der Waals surface area contributed by atoms with Gasteiger partial charge in [0.25, 0.3) is 0 Å². The molecule has 1 aliphatic heterocycles. The summed E-state index contributed by atoms with van der Waals surface area (Å²) in [6, 6.07) is 6.47. The van der Waals surface area contributed by atoms with Crippen LogP contribution in [0.3, 0.4) is 0 Å². The summed E-state index contributed by atoms with van der Waals surface area (Å²) in [5.41, 5.74) is -1.27. The van der Waals surface area contributed by atoms with E-state index in [0.717, 1.165) is 0 Å². The number of para-hydroxylation sites is 1. The highest BCUT2D eigenvalue weighted by molar-refractivity contribution is 5.90. The van der Waals surface area contributed by atoms with Crippen molar-refractivity contribution in [2.45, 2.75) is 6.10 Å². The van der Waals surface area contributed by atoms with Crippen LogP contribution < -0.4 is 4.74 Å². The number of hydrogen-bond donors (Lipinski definition) is 0. The highest BCUT2D eigenvalue weighted by Crippen LogP contribution is 2.31. The van der Waals surface area contributed by atoms with Gasteiger partial charge >= 0.3 is 5.97 Å². The molecule has 1 fully saturated rings. The number of nitrogens with zero attached hydrogens (tertiary/aromatic N) is 1. The third kappa shape index (κ3) is 4.39. The van der Waals surface area contributed by atoms with Crippen LogP contribution in [0.4, 0.5) is 22.0 Å². The lowest BCUT2D eigenvalue weighted by Gasteiger charge is -2.31. The van der Waals surface area contributed by atoms with Crippen LogP contribution in [0.2, 0.25) is 0 Å². The maximum Gasteiger partial charge on any atom is 0.345 e. The second kappa shape index (κ2) is 9.40. The van der Waals surface area contributed by atoms with Gasteiger partial charge in [-0.2, -0.15) is 0 Å². The predicted molar refractivity (Wildman–Crippen MR) is 94.6 cm³/mol. The monoisotopic (exact) mass is 431 g/mol. The molecule has 3 rings (SSSR count). The summed E-state index contributed by atoms with van der Waals surface area (Å²) in [5.74, 6) is -12.6. The maximum absolute atomic E-state index is 14.0. The number of halogens is 5. The minimum absolute atomic E-state index is 0.102. The molecule has 2 aromatic rings. The molecular formula is C20H18F5NO4. The number of ether oxygens (including phenoxy) is 3. The van der Waals surface area contributed by atoms with E-state index in [1.807, 2.05) is 4.90 Å². The molecule has 1 unspecified atom stereocenters. The van der Waals surface area contributed by atoms with Crippen LogP contribution in [0.1, 0.15) is 22.0 Å². The van der Waals surface area contributed by atoms with E-state index in [-0.39, 0.29) is 6.54 Å². The fourth-order valence-corrected chi connectivity index (χ4v) is 3.12. The fourth-order valence-electron chi connectivity index (χ4n) is 3.12. The molecule has 1 heterocycles. The van der Waals surface area contributed by atoms with Gasteiger partial charge in [-0.05, 0) is 6.07 Å². The van der Waals surface area contributed by atoms with Gasteiger partial charge in [0.1, 0.15) is 17.4 Å². The molecule has 0 radical (unpaired) electrons. The Morgan fingerprint density at radius 1 is 1.00 bits per heavy atom. The predicted octanol–water partition coefficient (Wildman–Crippen LogP) is 3.62. The Labute approximate surface area is 168 Å². The molecule has 162 valence electrons. The highest BCUT2D eigenvalue weighted by Gasteiger charge is 2.33. The Kier molecular flexibility index (Phi) is 6.88. The van der Waals surface area contributed by atoms with Gasteiger partial charge in [-0.25, -0.2) is 26.7 Å². The summed E-state index contributed by atoms with van der Waals surface area (Å²) in [6.07, 6.45) is -1.10. The molecule has 0 bridgehead atoms. The second-order valence-electron chi connectivity index (χ2n) is 6.49. The smallest absolute Gasteiger partial charge is 0.345 e. The summed E-state index contributed by atoms with van der Waals surface area (Å²) in [5, 5.41) is 0. The largest absolute Gasteiger partial charge is 0.496 e. The first-order valence-corrected chi connectivity index (χ1v) is 9.00. The van der Waals surface area contributed by atoms with E-state index in [4.69, 9.17) is 14.2 Å². The molecule has 1 aliphatic rings. The number of benzene rings is 2. The van der Waals surface area contributed by atoms with Gasteiger partial charge < -0.3 is 14.2 Å². The molecule has 0 spiro atoms. The summed E-state index contributed by atoms with van der Waals surface area (Å²) < 4.78 is 84.1. The molecule has 1 atom stereocenters. The Bertz CT molecular complexity index is 905. The van der Waals surface area contributed by atoms with Gasteiger partial charge in [0.05, 0.1) is 20.3 Å². The molecule has 0 saturated carbocycles. The van der Waals surface area contributed by atoms with Crippen molar-refractivity contribution in [3.8, 4) is 5.75 Å². The number of rotatable bonds is 6. The van der Waals surface area contributed by atoms with E-state index in [9.17, 15) is 26.7 Å². The summed E-state index contributed by atoms with van der Waals surface area (Å²) in [4.78, 5) is 14.4. The van der Waals surface area contributed by atoms with Crippen molar-refractivity contribution in [1.29, 1.82) is 0 Å². The van der Waals surface area contributed by atoms with Crippen LogP contribution in [-0.4, -0.2) is 50.8 Å². The molecule has 1 saturated heterocycles. The molecule has 10 heteroatoms. The normalized spacial score (nSPS) is 15.7. The quantitative estimate of drug-likeness (QED) is 0.303. The SMILES string of the molecule is COc1ccccc1C(CN1CCOCC1)OC(=O)c1c(F)c(F)c(F)c(F)c1F. The number of hydrogen-bond acceptors (Lipinski definition) is 5. The zero-order chi connectivity index (χ0) is 21.8. The lowest BCUT2D eigenvalue weighted by atomic mass is 10.1. The zero-order valence-corrected chi connectivity index (χ0v) is 15.9. The van der Waals surface area contributed by atoms with Crippen LogP contribution >= 0.6 is 0 Å². The van der Waals surface area contributed by atoms with Crippen LogP contribution in [0.5, 0.6) is 5.75 Å². The lowest BCUT2D eigenvalue weighted by Crippen LogP contribution is -2.39. The van der Waals surface area contributed by atoms with Gasteiger partial charge in [0.15, 0.2) is 23.3 Å². The Balaban J connectivity index is 1.96. The summed E-state index contributed by atoms with van der Waals surface area (Å²) in [7, 11) is 1.39. The Morgan fingerprint density at radius 2 is 1.57 bits per heavy atom. The van der Waals surface area contributed by atoms with Crippen molar-refractivity contribution in [2.24, 2.45) is 0 Å². The first-order chi connectivity index (χ1) is 14.3. The first kappa shape index (κ1) is 22.0. The molecule has 0 aromatic heterocycles. The number of carbonyl (C=O) groups is 1. The van der Waals surface area contributed by atoms with Gasteiger partial charge in [-0.15, -0.1) is 0 Å². The topological polar surface area (TPSA) is 48.0 Å². The van der Waals surface area contributed by atoms with Crippen molar-refractivity contribution in [1.82, 2.24) is 4.90 Å². The number of methoxy groups -OCH3 is 1. The number of morpholine rings is 1. The van der Waals surface area contributed by atoms with E-state index in [2.05, 4.69) is 0 Å². The van der Waals surface area contributed by atoms with Crippen molar-refractivity contribution in [3.05, 3.63) is 64.5 Å². The van der Waals surface area contributed by atoms with E-state index in [1.165, 1.54) is 7.11 Å². The van der Waals surface area contributed by atoms with Gasteiger partial charge in [0, 0.05) is 25.2 Å². The van der Waals surface area contributed by atoms with Crippen molar-refractivity contribution in [2.75, 3.05) is 40.0 Å². The van der Waals surface area contributed by atoms with Gasteiger partial charge in [-0.3, -0.25) is 4.90 Å². The molecule has 5 nitrogen and oxygen atoms in total. The standard InChI is InChI=1S/C20H18F5NO4/c1-28-12-5-3-2-4-11(12)13(10-26-6-8-29-9-7-26)30-20(27)14-15(21)17(23)19(25)18(24)16(14)22/h2-5,13H,6-10H2,1H3. The van der Waals surface area contributed by atoms with E-state index in [0.29, 0.717) is 37.6 Å². The van der Waals surface area contributed by atoms with E-state index >= 15 is 0 Å². The average molecular weight is 431 g/mol. The van der Waals surface area contributed by atoms with Gasteiger partial charge in [-0.1, -0.05) is 18.2 Å². The first-order valence-electron chi connectivity index (χ1n) is 9.00. The molecule has 30 heavy (non-hydrogen) atoms. The number of carbonyl (C=O) groups excluding carboxylic acids is 1. The van der Waals surface area contributed by atoms with E-state index < -0.39 is 46.7 Å². The van der Waals surface area contributed by atoms with Crippen LogP contribution in [0.25, 0.3) is 0 Å². The molecule has 2 aromatic carbocycles. The summed E-state index contributed by atoms with van der Waals surface area (Å²) >= 11 is 0. The van der Waals surface area contributed by atoms with Crippen molar-refractivity contribution in [3.63, 3.8) is 0 Å². The van der Waals surface area contributed by atoms with Crippen molar-refractivity contribution >= 4 is 5.97 Å². The van der Waals surface area contributed by atoms with Crippen LogP contribution in [-0.2, 0) is 9.47 Å². The van der Waals surface area contributed by atoms with E-state index in [1.54, 1.807) is 24.3 Å². The molecule has 0 amide bonds. The second-order valence-corrected chi connectivity index (χ2v) is 6.49. The zero-order valence-electron chi connectivity index (χ0n) is 15.9. The average Bonchev–Trinajstić information content (AvgIpc) is 2.76. The minimum atomic E-state index is -2.35. The third-order valence-corrected chi connectivity index (χ3v) is 4.68. The lowest BCUT2D eigenvalue weighted by molar-refractivity contribution is -0.00582. The van der Waals surface area contributed by atoms with Crippen LogP contribution in [0, 0.1) is 29.1 Å². The third-order valence-electron chi connectivity index (χ3n) is 4.68. The summed E-state index contributed by atoms with van der Waals surface area (Å²) in [6.45, 7) is 1.98. The Morgan fingerprint density at radius 3 is 2.17 bits per heavy atom. The fraction of sp³-hybridized carbons (Fsp3) is 0.350. The number of esters is 1. The van der Waals surface area contributed by atoms with Crippen molar-refractivity contribution < 1.29 is 41.0 Å². The molecule has 0 N–H and O–H groups in total. The maximum atomic E-state index is 14.0.